The summed E-state index contributed by atoms with van der Waals surface area (Å²) in [5.41, 5.74) is 9.79. The maximum atomic E-state index is 14.5. The van der Waals surface area contributed by atoms with Crippen LogP contribution in [-0.2, 0) is 20.9 Å². The summed E-state index contributed by atoms with van der Waals surface area (Å²) in [5, 5.41) is 18.9. The summed E-state index contributed by atoms with van der Waals surface area (Å²) in [6, 6.07) is 10.1. The van der Waals surface area contributed by atoms with Gasteiger partial charge in [0, 0.05) is 70.2 Å². The number of ether oxygens (including phenoxy) is 2. The lowest BCUT2D eigenvalue weighted by molar-refractivity contribution is -0.175. The van der Waals surface area contributed by atoms with Crippen molar-refractivity contribution in [2.75, 3.05) is 53.8 Å². The van der Waals surface area contributed by atoms with Gasteiger partial charge in [0.2, 0.25) is 12.2 Å². The Morgan fingerprint density at radius 1 is 1.12 bits per heavy atom. The number of aliphatic hydroxyl groups is 1. The number of aliphatic hydroxyl groups excluding tert-OH is 1. The molecule has 2 aliphatic rings. The van der Waals surface area contributed by atoms with E-state index in [0.29, 0.717) is 28.7 Å². The number of benzene rings is 2. The molecule has 282 valence electrons. The average Bonchev–Trinajstić information content (AvgIpc) is 3.47. The molecule has 1 aliphatic carbocycles. The first-order chi connectivity index (χ1) is 24.0. The van der Waals surface area contributed by atoms with Gasteiger partial charge in [-0.1, -0.05) is 52.8 Å². The number of nitrogens with one attached hydrogen (secondary N) is 2. The number of anilines is 1. The summed E-state index contributed by atoms with van der Waals surface area (Å²) in [7, 11) is 9.98. The van der Waals surface area contributed by atoms with E-state index in [1.54, 1.807) is 20.2 Å². The Morgan fingerprint density at radius 3 is 2.39 bits per heavy atom. The minimum atomic E-state index is -1.68. The molecule has 51 heavy (non-hydrogen) atoms. The molecule has 8 atom stereocenters. The molecule has 2 aromatic carbocycles. The Kier molecular flexibility index (Phi) is 12.7. The molecule has 0 bridgehead atoms. The molecule has 5 N–H and O–H groups in total. The Morgan fingerprint density at radius 2 is 1.80 bits per heavy atom. The number of rotatable bonds is 11. The predicted molar refractivity (Wildman–Crippen MR) is 197 cm³/mol. The second-order valence-electron chi connectivity index (χ2n) is 15.1. The zero-order chi connectivity index (χ0) is 37.9. The van der Waals surface area contributed by atoms with Gasteiger partial charge in [-0.15, -0.1) is 0 Å². The third-order valence-electron chi connectivity index (χ3n) is 11.5. The quantitative estimate of drug-likeness (QED) is 0.254. The molecule has 4 rings (SSSR count). The van der Waals surface area contributed by atoms with Crippen LogP contribution in [0.15, 0.2) is 36.4 Å². The number of para-hydroxylation sites is 1. The fourth-order valence-electron chi connectivity index (χ4n) is 7.45. The number of nitrogens with two attached hydrogens (primary N) is 1. The van der Waals surface area contributed by atoms with Crippen molar-refractivity contribution in [1.29, 1.82) is 0 Å². The van der Waals surface area contributed by atoms with Crippen molar-refractivity contribution in [2.24, 2.45) is 34.8 Å². The van der Waals surface area contributed by atoms with Gasteiger partial charge in [-0.2, -0.15) is 5.06 Å². The third kappa shape index (κ3) is 8.27. The fourth-order valence-corrected chi connectivity index (χ4v) is 7.45. The highest BCUT2D eigenvalue weighted by atomic mass is 16.7. The average molecular weight is 711 g/mol. The molecule has 1 heterocycles. The van der Waals surface area contributed by atoms with Crippen LogP contribution in [0.5, 0.6) is 5.75 Å². The van der Waals surface area contributed by atoms with Crippen LogP contribution in [0, 0.1) is 29.1 Å². The van der Waals surface area contributed by atoms with Gasteiger partial charge < -0.3 is 40.7 Å². The molecule has 0 aromatic heterocycles. The molecule has 13 heteroatoms. The molecule has 0 spiro atoms. The molecule has 0 radical (unpaired) electrons. The third-order valence-corrected chi connectivity index (χ3v) is 11.5. The van der Waals surface area contributed by atoms with Gasteiger partial charge in [0.15, 0.2) is 0 Å². The monoisotopic (exact) mass is 710 g/mol. The summed E-state index contributed by atoms with van der Waals surface area (Å²) in [6.45, 7) is 11.2. The van der Waals surface area contributed by atoms with Crippen LogP contribution in [0.2, 0.25) is 0 Å². The van der Waals surface area contributed by atoms with Crippen LogP contribution in [0.1, 0.15) is 57.0 Å². The molecule has 1 saturated carbocycles. The van der Waals surface area contributed by atoms with Crippen LogP contribution < -0.4 is 26.0 Å². The number of hydroxylamine groups is 2. The maximum Gasteiger partial charge on any atom is 0.411 e. The molecule has 0 unspecified atom stereocenters. The van der Waals surface area contributed by atoms with E-state index >= 15 is 0 Å². The Hall–Kier alpha value is -3.91. The number of amides is 3. The van der Waals surface area contributed by atoms with Gasteiger partial charge >= 0.3 is 6.09 Å². The standard InChI is InChI=1S/C38H58N6O7/c1-21-15-29(22(2)23(3)38(21,4)5)41-35(46)32-31(36(47)50-37(48)43(9)10)30(19-39)51-44(32)20-24-13-12-14-28(33(24)49-11)25-16-26(34(45)40-6)18-27(17-25)42(7)8/h12-14,16-18,21-23,29-32,36,47H,15,19-20,39H2,1-11H3,(H,40,45)(H,41,46)/t21-,22+,23+,29+,30+,31-,32+,36-/m1/s1. The zero-order valence-electron chi connectivity index (χ0n) is 32.0. The molecule has 1 aliphatic heterocycles. The maximum absolute atomic E-state index is 14.5. The molecular formula is C38H58N6O7. The second kappa shape index (κ2) is 16.2. The lowest BCUT2D eigenvalue weighted by Gasteiger charge is -2.50. The van der Waals surface area contributed by atoms with Crippen molar-refractivity contribution in [3.63, 3.8) is 0 Å². The highest BCUT2D eigenvalue weighted by Crippen LogP contribution is 2.47. The van der Waals surface area contributed by atoms with Gasteiger partial charge in [0.05, 0.1) is 19.6 Å². The van der Waals surface area contributed by atoms with E-state index in [0.717, 1.165) is 23.2 Å². The lowest BCUT2D eigenvalue weighted by atomic mass is 9.58. The van der Waals surface area contributed by atoms with E-state index in [2.05, 4.69) is 45.3 Å². The summed E-state index contributed by atoms with van der Waals surface area (Å²) < 4.78 is 11.4. The van der Waals surface area contributed by atoms with E-state index in [4.69, 9.17) is 20.0 Å². The number of methoxy groups -OCH3 is 1. The number of hydrogen-bond acceptors (Lipinski definition) is 10. The predicted octanol–water partition coefficient (Wildman–Crippen LogP) is 3.69. The minimum Gasteiger partial charge on any atom is -0.496 e. The van der Waals surface area contributed by atoms with Crippen LogP contribution in [0.3, 0.4) is 0 Å². The van der Waals surface area contributed by atoms with Crippen LogP contribution in [-0.4, -0.2) is 106 Å². The van der Waals surface area contributed by atoms with Gasteiger partial charge in [-0.25, -0.2) is 4.79 Å². The Balaban J connectivity index is 1.76. The van der Waals surface area contributed by atoms with E-state index in [1.165, 1.54) is 24.1 Å². The Bertz CT molecular complexity index is 1570. The van der Waals surface area contributed by atoms with Gasteiger partial charge in [0.1, 0.15) is 17.9 Å². The summed E-state index contributed by atoms with van der Waals surface area (Å²) >= 11 is 0. The largest absolute Gasteiger partial charge is 0.496 e. The number of nitrogens with zero attached hydrogens (tertiary/aromatic N) is 3. The van der Waals surface area contributed by atoms with E-state index in [1.807, 2.05) is 49.3 Å². The number of carbonyl (C=O) groups excluding carboxylic acids is 3. The summed E-state index contributed by atoms with van der Waals surface area (Å²) in [6.07, 6.45) is -2.49. The van der Waals surface area contributed by atoms with Gasteiger partial charge in [-0.3, -0.25) is 14.4 Å². The van der Waals surface area contributed by atoms with E-state index in [9.17, 15) is 19.5 Å². The molecule has 2 fully saturated rings. The SMILES string of the molecule is CNC(=O)c1cc(-c2cccc(CN3O[C@@H](CN)[C@@H]([C@H](O)OC(=O)N(C)C)[C@H]3C(=O)N[C@H]3C[C@@H](C)C(C)(C)[C@@H](C)[C@@H]3C)c2OC)cc(N(C)C)c1. The van der Waals surface area contributed by atoms with Crippen molar-refractivity contribution in [2.45, 2.75) is 72.1 Å². The highest BCUT2D eigenvalue weighted by Gasteiger charge is 2.53. The van der Waals surface area contributed by atoms with Crippen LogP contribution in [0.25, 0.3) is 11.1 Å². The van der Waals surface area contributed by atoms with Crippen LogP contribution in [0.4, 0.5) is 10.5 Å². The van der Waals surface area contributed by atoms with Crippen LogP contribution >= 0.6 is 0 Å². The fraction of sp³-hybridized carbons (Fsp3) is 0.605. The lowest BCUT2D eigenvalue weighted by Crippen LogP contribution is -2.57. The van der Waals surface area contributed by atoms with Crippen molar-refractivity contribution in [1.82, 2.24) is 20.6 Å². The normalized spacial score (nSPS) is 26.6. The first kappa shape index (κ1) is 39.9. The van der Waals surface area contributed by atoms with Gasteiger partial charge in [0.25, 0.3) is 5.91 Å². The van der Waals surface area contributed by atoms with Crippen molar-refractivity contribution in [3.8, 4) is 16.9 Å². The molecule has 13 nitrogen and oxygen atoms in total. The Labute approximate surface area is 302 Å². The summed E-state index contributed by atoms with van der Waals surface area (Å²) in [4.78, 5) is 49.2. The minimum absolute atomic E-state index is 0.0413. The first-order valence-electron chi connectivity index (χ1n) is 17.7. The number of carbonyl (C=O) groups is 3. The summed E-state index contributed by atoms with van der Waals surface area (Å²) in [5.74, 6) is -0.167. The first-order valence-corrected chi connectivity index (χ1v) is 17.7. The van der Waals surface area contributed by atoms with Crippen molar-refractivity contribution >= 4 is 23.6 Å². The van der Waals surface area contributed by atoms with Crippen molar-refractivity contribution < 1.29 is 33.8 Å². The topological polar surface area (TPSA) is 159 Å². The molecule has 1 saturated heterocycles. The van der Waals surface area contributed by atoms with Gasteiger partial charge in [-0.05, 0) is 53.4 Å². The highest BCUT2D eigenvalue weighted by molar-refractivity contribution is 5.97. The smallest absolute Gasteiger partial charge is 0.411 e. The second-order valence-corrected chi connectivity index (χ2v) is 15.1. The molecule has 3 amide bonds. The van der Waals surface area contributed by atoms with Crippen molar-refractivity contribution in [3.05, 3.63) is 47.5 Å². The van der Waals surface area contributed by atoms with E-state index in [-0.39, 0.29) is 42.3 Å². The zero-order valence-corrected chi connectivity index (χ0v) is 32.0. The molecule has 2 aromatic rings. The number of hydrogen-bond donors (Lipinski definition) is 4. The molecular weight excluding hydrogens is 652 g/mol. The van der Waals surface area contributed by atoms with E-state index < -0.39 is 30.4 Å².